The van der Waals surface area contributed by atoms with Crippen molar-refractivity contribution in [2.75, 3.05) is 0 Å². The molecule has 0 radical (unpaired) electrons. The van der Waals surface area contributed by atoms with E-state index in [9.17, 15) is 25.2 Å². The van der Waals surface area contributed by atoms with Crippen LogP contribution in [0.5, 0.6) is 11.5 Å². The minimum Gasteiger partial charge on any atom is -0.506 e. The normalized spacial score (nSPS) is 20.9. The number of aliphatic hydroxyl groups excluding tert-OH is 1. The molecule has 0 spiro atoms. The third kappa shape index (κ3) is 5.40. The molecular weight excluding hydrogens is 372 g/mol. The highest BCUT2D eigenvalue weighted by Crippen LogP contribution is 2.41. The average molecular weight is 405 g/mol. The Labute approximate surface area is 172 Å². The summed E-state index contributed by atoms with van der Waals surface area (Å²) in [6, 6.07) is 1.60. The number of allylic oxidation sites excluding steroid dienone is 2. The van der Waals surface area contributed by atoms with Crippen molar-refractivity contribution in [2.45, 2.75) is 77.6 Å². The monoisotopic (exact) mass is 404 g/mol. The Hall–Kier alpha value is -2.31. The highest BCUT2D eigenvalue weighted by Gasteiger charge is 2.35. The van der Waals surface area contributed by atoms with Gasteiger partial charge in [-0.05, 0) is 84.1 Å². The fraction of sp³-hybridized carbons (Fsp3) is 0.522. The molecule has 4 N–H and O–H groups in total. The molecule has 2 rings (SSSR count). The van der Waals surface area contributed by atoms with Gasteiger partial charge in [0.1, 0.15) is 22.7 Å². The van der Waals surface area contributed by atoms with Crippen LogP contribution in [-0.4, -0.2) is 43.7 Å². The van der Waals surface area contributed by atoms with Gasteiger partial charge in [0.25, 0.3) is 0 Å². The summed E-state index contributed by atoms with van der Waals surface area (Å²) < 4.78 is 6.05. The third-order valence-electron chi connectivity index (χ3n) is 5.49. The van der Waals surface area contributed by atoms with E-state index < -0.39 is 23.3 Å². The van der Waals surface area contributed by atoms with Crippen LogP contribution in [-0.2, 0) is 0 Å². The molecule has 1 aromatic carbocycles. The first-order chi connectivity index (χ1) is 13.4. The zero-order chi connectivity index (χ0) is 22.0. The predicted molar refractivity (Wildman–Crippen MR) is 112 cm³/mol. The fourth-order valence-corrected chi connectivity index (χ4v) is 3.53. The van der Waals surface area contributed by atoms with Crippen molar-refractivity contribution in [1.29, 1.82) is 0 Å². The summed E-state index contributed by atoms with van der Waals surface area (Å²) >= 11 is 0. The number of hydrogen-bond donors (Lipinski definition) is 4. The molecule has 6 nitrogen and oxygen atoms in total. The van der Waals surface area contributed by atoms with Crippen LogP contribution >= 0.6 is 0 Å². The van der Waals surface area contributed by atoms with E-state index >= 15 is 0 Å². The Bertz CT molecular complexity index is 832. The lowest BCUT2D eigenvalue weighted by molar-refractivity contribution is -0.0748. The van der Waals surface area contributed by atoms with E-state index in [0.29, 0.717) is 42.6 Å². The topological polar surface area (TPSA) is 107 Å². The van der Waals surface area contributed by atoms with Crippen LogP contribution in [0.2, 0.25) is 0 Å². The number of phenols is 1. The molecule has 0 saturated carbocycles. The van der Waals surface area contributed by atoms with Gasteiger partial charge in [0.15, 0.2) is 0 Å². The highest BCUT2D eigenvalue weighted by molar-refractivity contribution is 5.95. The number of aliphatic hydroxyl groups is 2. The van der Waals surface area contributed by atoms with Crippen molar-refractivity contribution in [3.63, 3.8) is 0 Å². The molecule has 1 heterocycles. The van der Waals surface area contributed by atoms with Crippen molar-refractivity contribution in [2.24, 2.45) is 0 Å². The second kappa shape index (κ2) is 8.59. The molecule has 0 amide bonds. The van der Waals surface area contributed by atoms with Gasteiger partial charge in [-0.2, -0.15) is 0 Å². The number of fused-ring (bicyclic) bond motifs is 1. The first-order valence-electron chi connectivity index (χ1n) is 9.88. The number of carboxylic acid groups (broad SMARTS) is 1. The van der Waals surface area contributed by atoms with E-state index in [0.717, 1.165) is 0 Å². The molecule has 0 aromatic heterocycles. The maximum atomic E-state index is 11.4. The van der Waals surface area contributed by atoms with Gasteiger partial charge in [0, 0.05) is 0 Å². The Balaban J connectivity index is 2.10. The second-order valence-corrected chi connectivity index (χ2v) is 8.61. The van der Waals surface area contributed by atoms with Gasteiger partial charge in [0.05, 0.1) is 17.3 Å². The van der Waals surface area contributed by atoms with Gasteiger partial charge in [-0.15, -0.1) is 0 Å². The van der Waals surface area contributed by atoms with Gasteiger partial charge in [-0.1, -0.05) is 11.6 Å². The summed E-state index contributed by atoms with van der Waals surface area (Å²) in [4.78, 5) is 11.4. The minimum atomic E-state index is -1.20. The summed E-state index contributed by atoms with van der Waals surface area (Å²) in [6.45, 7) is 9.09. The fourth-order valence-electron chi connectivity index (χ4n) is 3.53. The highest BCUT2D eigenvalue weighted by atomic mass is 16.5. The minimum absolute atomic E-state index is 0.136. The lowest BCUT2D eigenvalue weighted by Gasteiger charge is -2.35. The molecule has 6 heteroatoms. The van der Waals surface area contributed by atoms with Crippen LogP contribution < -0.4 is 4.74 Å². The number of carbonyl (C=O) groups is 1. The number of aromatic carboxylic acids is 1. The molecule has 0 unspecified atom stereocenters. The van der Waals surface area contributed by atoms with Crippen molar-refractivity contribution >= 4 is 12.0 Å². The predicted octanol–water partition coefficient (Wildman–Crippen LogP) is 4.20. The molecule has 0 fully saturated rings. The molecule has 1 aliphatic heterocycles. The van der Waals surface area contributed by atoms with Crippen molar-refractivity contribution in [3.8, 4) is 11.5 Å². The number of benzene rings is 1. The number of rotatable bonds is 8. The molecule has 1 aromatic rings. The van der Waals surface area contributed by atoms with E-state index in [-0.39, 0.29) is 11.3 Å². The van der Waals surface area contributed by atoms with Gasteiger partial charge >= 0.3 is 5.97 Å². The van der Waals surface area contributed by atoms with Crippen LogP contribution in [0.15, 0.2) is 23.8 Å². The molecule has 0 bridgehead atoms. The van der Waals surface area contributed by atoms with Crippen LogP contribution in [0.3, 0.4) is 0 Å². The van der Waals surface area contributed by atoms with Crippen molar-refractivity contribution < 1.29 is 30.0 Å². The van der Waals surface area contributed by atoms with Gasteiger partial charge < -0.3 is 25.2 Å². The van der Waals surface area contributed by atoms with Crippen LogP contribution in [0, 0.1) is 6.92 Å². The van der Waals surface area contributed by atoms with Crippen LogP contribution in [0.25, 0.3) is 6.08 Å². The van der Waals surface area contributed by atoms with E-state index in [1.54, 1.807) is 32.1 Å². The Morgan fingerprint density at radius 1 is 1.38 bits per heavy atom. The number of aryl methyl sites for hydroxylation is 1. The number of ether oxygens (including phenoxy) is 1. The first-order valence-corrected chi connectivity index (χ1v) is 9.88. The quantitative estimate of drug-likeness (QED) is 0.484. The largest absolute Gasteiger partial charge is 0.506 e. The lowest BCUT2D eigenvalue weighted by atomic mass is 9.86. The third-order valence-corrected chi connectivity index (χ3v) is 5.49. The SMILES string of the molecule is CC(C)=CCC[C@](C)(O)[C@H](O)CC[C@]1(C)C=Cc2c(cc(C)c(C(=O)O)c2O)O1. The van der Waals surface area contributed by atoms with Crippen molar-refractivity contribution in [3.05, 3.63) is 40.5 Å². The summed E-state index contributed by atoms with van der Waals surface area (Å²) in [7, 11) is 0. The molecule has 0 aliphatic carbocycles. The number of hydrogen-bond acceptors (Lipinski definition) is 5. The van der Waals surface area contributed by atoms with Crippen molar-refractivity contribution in [1.82, 2.24) is 0 Å². The van der Waals surface area contributed by atoms with Crippen LogP contribution in [0.4, 0.5) is 0 Å². The van der Waals surface area contributed by atoms with Gasteiger partial charge in [-0.3, -0.25) is 0 Å². The molecule has 1 aliphatic rings. The smallest absolute Gasteiger partial charge is 0.339 e. The van der Waals surface area contributed by atoms with E-state index in [2.05, 4.69) is 0 Å². The summed E-state index contributed by atoms with van der Waals surface area (Å²) in [5.74, 6) is -1.10. The standard InChI is InChI=1S/C23H32O6/c1-14(2)7-6-10-23(5,28)18(24)9-12-22(4)11-8-16-17(29-22)13-15(3)19(20(16)25)21(26)27/h7-8,11,13,18,24-25,28H,6,9-10,12H2,1-5H3,(H,26,27)/t18-,22+,23+/m1/s1. The van der Waals surface area contributed by atoms with E-state index in [1.165, 1.54) is 5.57 Å². The molecule has 0 saturated heterocycles. The Morgan fingerprint density at radius 3 is 2.62 bits per heavy atom. The van der Waals surface area contributed by atoms with E-state index in [1.807, 2.05) is 26.8 Å². The number of carboxylic acids is 1. The molecule has 29 heavy (non-hydrogen) atoms. The van der Waals surface area contributed by atoms with Gasteiger partial charge in [-0.25, -0.2) is 4.79 Å². The second-order valence-electron chi connectivity index (χ2n) is 8.61. The summed E-state index contributed by atoms with van der Waals surface area (Å²) in [5.41, 5.74) is -0.166. The average Bonchev–Trinajstić information content (AvgIpc) is 2.58. The lowest BCUT2D eigenvalue weighted by Crippen LogP contribution is -2.41. The zero-order valence-corrected chi connectivity index (χ0v) is 17.8. The Morgan fingerprint density at radius 2 is 2.03 bits per heavy atom. The molecular formula is C23H32O6. The van der Waals surface area contributed by atoms with Gasteiger partial charge in [0.2, 0.25) is 0 Å². The Kier molecular flexibility index (Phi) is 6.81. The maximum absolute atomic E-state index is 11.4. The summed E-state index contributed by atoms with van der Waals surface area (Å²) in [5, 5.41) is 40.7. The summed E-state index contributed by atoms with van der Waals surface area (Å²) in [6.07, 6.45) is 6.46. The molecule has 3 atom stereocenters. The van der Waals surface area contributed by atoms with E-state index in [4.69, 9.17) is 4.74 Å². The number of aromatic hydroxyl groups is 1. The first kappa shape index (κ1) is 23.0. The molecule has 160 valence electrons. The van der Waals surface area contributed by atoms with Crippen LogP contribution in [0.1, 0.15) is 74.9 Å². The zero-order valence-electron chi connectivity index (χ0n) is 17.8. The maximum Gasteiger partial charge on any atom is 0.339 e.